The minimum atomic E-state index is -1.15. The zero-order valence-corrected chi connectivity index (χ0v) is 8.96. The number of ether oxygens (including phenoxy) is 1. The summed E-state index contributed by atoms with van der Waals surface area (Å²) >= 11 is 0. The summed E-state index contributed by atoms with van der Waals surface area (Å²) in [5.74, 6) is -2.04. The van der Waals surface area contributed by atoms with E-state index < -0.39 is 29.8 Å². The third-order valence-corrected chi connectivity index (χ3v) is 2.66. The summed E-state index contributed by atoms with van der Waals surface area (Å²) in [6.45, 7) is 0. The molecule has 0 bridgehead atoms. The van der Waals surface area contributed by atoms with Gasteiger partial charge >= 0.3 is 5.97 Å². The number of nitrogens with zero attached hydrogens (tertiary/aromatic N) is 1. The Morgan fingerprint density at radius 2 is 2.00 bits per heavy atom. The highest BCUT2D eigenvalue weighted by atomic mass is 19.1. The van der Waals surface area contributed by atoms with E-state index in [0.29, 0.717) is 5.69 Å². The Hall–Kier alpha value is -1.95. The second kappa shape index (κ2) is 4.14. The van der Waals surface area contributed by atoms with Crippen molar-refractivity contribution in [1.29, 1.82) is 0 Å². The summed E-state index contributed by atoms with van der Waals surface area (Å²) in [6.07, 6.45) is -0.974. The van der Waals surface area contributed by atoms with E-state index in [1.165, 1.54) is 31.4 Å². The predicted molar refractivity (Wildman–Crippen MR) is 56.1 cm³/mol. The van der Waals surface area contributed by atoms with Crippen molar-refractivity contribution in [3.63, 3.8) is 0 Å². The Balaban J connectivity index is 2.29. The number of carboxylic acids is 1. The predicted octanol–water partition coefficient (Wildman–Crippen LogP) is 0.641. The number of carbonyl (C=O) groups excluding carboxylic acids is 1. The van der Waals surface area contributed by atoms with Crippen LogP contribution in [0.2, 0.25) is 0 Å². The van der Waals surface area contributed by atoms with E-state index in [9.17, 15) is 14.0 Å². The Morgan fingerprint density at radius 3 is 2.47 bits per heavy atom. The molecule has 2 unspecified atom stereocenters. The molecular formula is C11H10FNO4. The fourth-order valence-corrected chi connectivity index (χ4v) is 1.82. The van der Waals surface area contributed by atoms with Gasteiger partial charge in [-0.3, -0.25) is 9.69 Å². The minimum Gasteiger partial charge on any atom is -0.480 e. The normalized spacial score (nSPS) is 23.4. The van der Waals surface area contributed by atoms with Crippen molar-refractivity contribution >= 4 is 17.6 Å². The van der Waals surface area contributed by atoms with Crippen LogP contribution in [0.5, 0.6) is 0 Å². The van der Waals surface area contributed by atoms with Crippen LogP contribution in [0.4, 0.5) is 10.1 Å². The van der Waals surface area contributed by atoms with Gasteiger partial charge in [-0.1, -0.05) is 0 Å². The fraction of sp³-hybridized carbons (Fsp3) is 0.273. The third kappa shape index (κ3) is 1.76. The third-order valence-electron chi connectivity index (χ3n) is 2.66. The van der Waals surface area contributed by atoms with Crippen molar-refractivity contribution in [2.45, 2.75) is 12.1 Å². The van der Waals surface area contributed by atoms with Gasteiger partial charge < -0.3 is 9.84 Å². The average Bonchev–Trinajstić information content (AvgIpc) is 2.28. The number of rotatable bonds is 3. The maximum Gasteiger partial charge on any atom is 0.330 e. The molecule has 1 aromatic carbocycles. The molecule has 1 amide bonds. The van der Waals surface area contributed by atoms with Crippen molar-refractivity contribution in [1.82, 2.24) is 0 Å². The van der Waals surface area contributed by atoms with Gasteiger partial charge in [0, 0.05) is 12.8 Å². The molecule has 1 N–H and O–H groups in total. The van der Waals surface area contributed by atoms with Gasteiger partial charge in [0.05, 0.1) is 0 Å². The van der Waals surface area contributed by atoms with E-state index in [1.54, 1.807) is 0 Å². The number of carboxylic acid groups (broad SMARTS) is 1. The van der Waals surface area contributed by atoms with Crippen LogP contribution in [0, 0.1) is 5.82 Å². The first-order chi connectivity index (χ1) is 8.06. The number of methoxy groups -OCH3 is 1. The second-order valence-corrected chi connectivity index (χ2v) is 3.62. The van der Waals surface area contributed by atoms with E-state index in [2.05, 4.69) is 0 Å². The molecule has 0 spiro atoms. The van der Waals surface area contributed by atoms with Crippen LogP contribution in [-0.4, -0.2) is 36.2 Å². The van der Waals surface area contributed by atoms with Gasteiger partial charge in [0.1, 0.15) is 5.82 Å². The zero-order valence-electron chi connectivity index (χ0n) is 8.96. The molecule has 1 saturated heterocycles. The summed E-state index contributed by atoms with van der Waals surface area (Å²) in [6, 6.07) is 3.99. The Labute approximate surface area is 96.4 Å². The van der Waals surface area contributed by atoms with Gasteiger partial charge in [0.2, 0.25) is 0 Å². The Kier molecular flexibility index (Phi) is 2.81. The van der Waals surface area contributed by atoms with E-state index in [1.807, 2.05) is 0 Å². The van der Waals surface area contributed by atoms with Crippen LogP contribution in [0.3, 0.4) is 0 Å². The smallest absolute Gasteiger partial charge is 0.330 e. The molecule has 0 aromatic heterocycles. The lowest BCUT2D eigenvalue weighted by Gasteiger charge is -2.43. The largest absolute Gasteiger partial charge is 0.480 e. The number of halogens is 1. The van der Waals surface area contributed by atoms with Crippen molar-refractivity contribution in [3.05, 3.63) is 30.1 Å². The highest BCUT2D eigenvalue weighted by Crippen LogP contribution is 2.30. The molecule has 0 aliphatic carbocycles. The first-order valence-electron chi connectivity index (χ1n) is 4.90. The summed E-state index contributed by atoms with van der Waals surface area (Å²) in [4.78, 5) is 23.7. The molecule has 17 heavy (non-hydrogen) atoms. The molecule has 2 rings (SSSR count). The van der Waals surface area contributed by atoms with E-state index in [-0.39, 0.29) is 0 Å². The van der Waals surface area contributed by atoms with E-state index in [4.69, 9.17) is 9.84 Å². The molecule has 90 valence electrons. The van der Waals surface area contributed by atoms with Crippen LogP contribution in [0.1, 0.15) is 0 Å². The van der Waals surface area contributed by atoms with Gasteiger partial charge in [-0.2, -0.15) is 0 Å². The van der Waals surface area contributed by atoms with Crippen molar-refractivity contribution < 1.29 is 23.8 Å². The van der Waals surface area contributed by atoms with Crippen molar-refractivity contribution in [3.8, 4) is 0 Å². The number of aliphatic carboxylic acids is 1. The molecule has 1 aliphatic heterocycles. The highest BCUT2D eigenvalue weighted by molar-refractivity contribution is 6.12. The number of carbonyl (C=O) groups is 2. The molecule has 0 radical (unpaired) electrons. The molecular weight excluding hydrogens is 229 g/mol. The summed E-state index contributed by atoms with van der Waals surface area (Å²) in [5.41, 5.74) is 0.345. The van der Waals surface area contributed by atoms with Crippen LogP contribution < -0.4 is 4.90 Å². The molecule has 1 heterocycles. The van der Waals surface area contributed by atoms with Crippen LogP contribution >= 0.6 is 0 Å². The van der Waals surface area contributed by atoms with E-state index >= 15 is 0 Å². The number of hydrogen-bond acceptors (Lipinski definition) is 3. The fourth-order valence-electron chi connectivity index (χ4n) is 1.82. The van der Waals surface area contributed by atoms with Gasteiger partial charge in [-0.25, -0.2) is 9.18 Å². The number of amides is 1. The Bertz CT molecular complexity index is 459. The van der Waals surface area contributed by atoms with Crippen molar-refractivity contribution in [2.75, 3.05) is 12.0 Å². The molecule has 1 fully saturated rings. The van der Waals surface area contributed by atoms with Crippen LogP contribution in [0.15, 0.2) is 24.3 Å². The van der Waals surface area contributed by atoms with Gasteiger partial charge in [-0.05, 0) is 24.3 Å². The van der Waals surface area contributed by atoms with E-state index in [0.717, 1.165) is 4.90 Å². The van der Waals surface area contributed by atoms with Crippen LogP contribution in [0.25, 0.3) is 0 Å². The maximum atomic E-state index is 12.7. The number of anilines is 1. The molecule has 1 aromatic rings. The van der Waals surface area contributed by atoms with Crippen LogP contribution in [-0.2, 0) is 14.3 Å². The van der Waals surface area contributed by atoms with Crippen molar-refractivity contribution in [2.24, 2.45) is 0 Å². The van der Waals surface area contributed by atoms with Gasteiger partial charge in [0.25, 0.3) is 5.91 Å². The SMILES string of the molecule is COC1C(=O)N(c2ccc(F)cc2)C1C(=O)O. The second-order valence-electron chi connectivity index (χ2n) is 3.62. The standard InChI is InChI=1S/C11H10FNO4/c1-17-9-8(11(15)16)13(10(9)14)7-4-2-6(12)3-5-7/h2-5,8-9H,1H3,(H,15,16). The number of hydrogen-bond donors (Lipinski definition) is 1. The quantitative estimate of drug-likeness (QED) is 0.786. The average molecular weight is 239 g/mol. The Morgan fingerprint density at radius 1 is 1.41 bits per heavy atom. The summed E-state index contributed by atoms with van der Waals surface area (Å²) in [7, 11) is 1.28. The topological polar surface area (TPSA) is 66.8 Å². The molecule has 0 saturated carbocycles. The number of benzene rings is 1. The molecule has 5 nitrogen and oxygen atoms in total. The number of β-lactam (4-membered cyclic amide) rings is 1. The maximum absolute atomic E-state index is 12.7. The molecule has 1 aliphatic rings. The monoisotopic (exact) mass is 239 g/mol. The summed E-state index contributed by atoms with van der Waals surface area (Å²) in [5, 5.41) is 8.99. The van der Waals surface area contributed by atoms with Gasteiger partial charge in [-0.15, -0.1) is 0 Å². The first kappa shape index (κ1) is 11.5. The first-order valence-corrected chi connectivity index (χ1v) is 4.90. The minimum absolute atomic E-state index is 0.345. The summed E-state index contributed by atoms with van der Waals surface area (Å²) < 4.78 is 17.5. The molecule has 2 atom stereocenters. The molecule has 6 heteroatoms. The highest BCUT2D eigenvalue weighted by Gasteiger charge is 2.53. The van der Waals surface area contributed by atoms with Gasteiger partial charge in [0.15, 0.2) is 12.1 Å². The zero-order chi connectivity index (χ0) is 12.6. The lowest BCUT2D eigenvalue weighted by molar-refractivity contribution is -0.155. The lowest BCUT2D eigenvalue weighted by atomic mass is 9.97. The lowest BCUT2D eigenvalue weighted by Crippen LogP contribution is -2.69.